The summed E-state index contributed by atoms with van der Waals surface area (Å²) >= 11 is 0. The van der Waals surface area contributed by atoms with Crippen LogP contribution in [0.25, 0.3) is 0 Å². The predicted octanol–water partition coefficient (Wildman–Crippen LogP) is 3.10. The fourth-order valence-corrected chi connectivity index (χ4v) is 4.32. The third kappa shape index (κ3) is 4.67. The lowest BCUT2D eigenvalue weighted by Crippen LogP contribution is -2.37. The molecule has 0 fully saturated rings. The third-order valence-corrected chi connectivity index (χ3v) is 6.02. The zero-order chi connectivity index (χ0) is 20.3. The number of sulfonamides is 1. The maximum atomic E-state index is 13.5. The monoisotopic (exact) mass is 408 g/mol. The first-order valence-electron chi connectivity index (χ1n) is 9.03. The molecule has 0 aliphatic carbocycles. The zero-order valence-electron chi connectivity index (χ0n) is 15.6. The number of fused-ring (bicyclic) bond motifs is 1. The van der Waals surface area contributed by atoms with Gasteiger partial charge in [0.1, 0.15) is 0 Å². The lowest BCUT2D eigenvalue weighted by molar-refractivity contribution is -0.132. The molecule has 2 aromatic carbocycles. The van der Waals surface area contributed by atoms with Crippen LogP contribution in [0.15, 0.2) is 42.5 Å². The fraction of sp³-hybridized carbons (Fsp3) is 0.350. The van der Waals surface area contributed by atoms with Gasteiger partial charge < -0.3 is 4.90 Å². The van der Waals surface area contributed by atoms with Gasteiger partial charge in [0.2, 0.25) is 15.9 Å². The minimum atomic E-state index is -3.69. The molecule has 150 valence electrons. The van der Waals surface area contributed by atoms with Crippen molar-refractivity contribution in [3.8, 4) is 0 Å². The molecule has 0 saturated heterocycles. The number of halogens is 2. The maximum absolute atomic E-state index is 13.5. The van der Waals surface area contributed by atoms with Crippen molar-refractivity contribution in [2.75, 3.05) is 23.7 Å². The van der Waals surface area contributed by atoms with Gasteiger partial charge in [0.15, 0.2) is 11.6 Å². The quantitative estimate of drug-likeness (QED) is 0.738. The molecule has 0 N–H and O–H groups in total. The van der Waals surface area contributed by atoms with Crippen molar-refractivity contribution in [2.24, 2.45) is 0 Å². The van der Waals surface area contributed by atoms with Gasteiger partial charge in [0, 0.05) is 32.1 Å². The molecule has 0 atom stereocenters. The van der Waals surface area contributed by atoms with E-state index in [9.17, 15) is 22.0 Å². The normalized spacial score (nSPS) is 13.9. The van der Waals surface area contributed by atoms with E-state index in [2.05, 4.69) is 6.07 Å². The van der Waals surface area contributed by atoms with Crippen molar-refractivity contribution in [1.29, 1.82) is 0 Å². The Kier molecular flexibility index (Phi) is 5.98. The highest BCUT2D eigenvalue weighted by Gasteiger charge is 2.22. The highest BCUT2D eigenvalue weighted by atomic mass is 32.2. The van der Waals surface area contributed by atoms with E-state index >= 15 is 0 Å². The van der Waals surface area contributed by atoms with Crippen LogP contribution in [0.2, 0.25) is 0 Å². The van der Waals surface area contributed by atoms with Gasteiger partial charge >= 0.3 is 0 Å². The largest absolute Gasteiger partial charge is 0.338 e. The third-order valence-electron chi connectivity index (χ3n) is 4.83. The molecule has 8 heteroatoms. The Morgan fingerprint density at radius 1 is 1.11 bits per heavy atom. The van der Waals surface area contributed by atoms with Crippen LogP contribution in [0, 0.1) is 11.6 Å². The van der Waals surface area contributed by atoms with Gasteiger partial charge in [0.25, 0.3) is 0 Å². The van der Waals surface area contributed by atoms with Gasteiger partial charge in [-0.25, -0.2) is 17.2 Å². The summed E-state index contributed by atoms with van der Waals surface area (Å²) < 4.78 is 51.7. The maximum Gasteiger partial charge on any atom is 0.232 e. The summed E-state index contributed by atoms with van der Waals surface area (Å²) in [5.41, 5.74) is 2.41. The molecule has 1 amide bonds. The van der Waals surface area contributed by atoms with Crippen LogP contribution in [-0.4, -0.2) is 38.6 Å². The summed E-state index contributed by atoms with van der Waals surface area (Å²) in [6.07, 6.45) is 2.25. The standard InChI is InChI=1S/C20H22F2N2O3S/c1-28(26,27)24(17-8-9-18(21)19(22)13-17)11-4-7-20(25)23-12-10-15-5-2-3-6-16(15)14-23/h2-3,5-6,8-9,13H,4,7,10-12,14H2,1H3. The van der Waals surface area contributed by atoms with Gasteiger partial charge in [0.05, 0.1) is 11.9 Å². The van der Waals surface area contributed by atoms with Crippen molar-refractivity contribution < 1.29 is 22.0 Å². The number of hydrogen-bond acceptors (Lipinski definition) is 3. The van der Waals surface area contributed by atoms with Gasteiger partial charge in [-0.15, -0.1) is 0 Å². The second-order valence-electron chi connectivity index (χ2n) is 6.87. The molecule has 0 saturated carbocycles. The predicted molar refractivity (Wildman–Crippen MR) is 103 cm³/mol. The van der Waals surface area contributed by atoms with E-state index in [1.165, 1.54) is 11.6 Å². The van der Waals surface area contributed by atoms with E-state index in [1.54, 1.807) is 4.90 Å². The summed E-state index contributed by atoms with van der Waals surface area (Å²) in [6, 6.07) is 10.9. The van der Waals surface area contributed by atoms with Crippen molar-refractivity contribution in [3.63, 3.8) is 0 Å². The number of rotatable bonds is 6. The van der Waals surface area contributed by atoms with Crippen LogP contribution < -0.4 is 4.31 Å². The van der Waals surface area contributed by atoms with Gasteiger partial charge in [-0.3, -0.25) is 9.10 Å². The number of nitrogens with zero attached hydrogens (tertiary/aromatic N) is 2. The summed E-state index contributed by atoms with van der Waals surface area (Å²) in [7, 11) is -3.69. The first-order valence-corrected chi connectivity index (χ1v) is 10.9. The van der Waals surface area contributed by atoms with E-state index in [0.717, 1.165) is 34.7 Å². The second-order valence-corrected chi connectivity index (χ2v) is 8.78. The minimum absolute atomic E-state index is 0.0140. The van der Waals surface area contributed by atoms with Crippen molar-refractivity contribution in [3.05, 3.63) is 65.2 Å². The van der Waals surface area contributed by atoms with Gasteiger partial charge in [-0.05, 0) is 36.1 Å². The van der Waals surface area contributed by atoms with Crippen LogP contribution in [0.4, 0.5) is 14.5 Å². The number of carbonyl (C=O) groups excluding carboxylic acids is 1. The molecule has 1 aliphatic heterocycles. The van der Waals surface area contributed by atoms with Crippen LogP contribution in [0.5, 0.6) is 0 Å². The summed E-state index contributed by atoms with van der Waals surface area (Å²) in [6.45, 7) is 1.20. The molecule has 0 spiro atoms. The Balaban J connectivity index is 1.61. The van der Waals surface area contributed by atoms with Crippen LogP contribution in [0.1, 0.15) is 24.0 Å². The SMILES string of the molecule is CS(=O)(=O)N(CCCC(=O)N1CCc2ccccc2C1)c1ccc(F)c(F)c1. The molecule has 1 heterocycles. The number of amides is 1. The lowest BCUT2D eigenvalue weighted by atomic mass is 9.99. The van der Waals surface area contributed by atoms with E-state index in [0.29, 0.717) is 13.1 Å². The molecule has 0 bridgehead atoms. The number of carbonyl (C=O) groups is 1. The lowest BCUT2D eigenvalue weighted by Gasteiger charge is -2.29. The average molecular weight is 408 g/mol. The van der Waals surface area contributed by atoms with Gasteiger partial charge in [-0.1, -0.05) is 24.3 Å². The van der Waals surface area contributed by atoms with Crippen LogP contribution >= 0.6 is 0 Å². The van der Waals surface area contributed by atoms with E-state index in [1.807, 2.05) is 18.2 Å². The Morgan fingerprint density at radius 3 is 2.50 bits per heavy atom. The molecule has 0 radical (unpaired) electrons. The Hall–Kier alpha value is -2.48. The number of anilines is 1. The van der Waals surface area contributed by atoms with E-state index in [-0.39, 0.29) is 31.0 Å². The molecule has 0 unspecified atom stereocenters. The van der Waals surface area contributed by atoms with E-state index < -0.39 is 21.7 Å². The second kappa shape index (κ2) is 8.26. The molecule has 2 aromatic rings. The molecule has 5 nitrogen and oxygen atoms in total. The molecule has 0 aromatic heterocycles. The van der Waals surface area contributed by atoms with Crippen molar-refractivity contribution in [1.82, 2.24) is 4.90 Å². The van der Waals surface area contributed by atoms with Crippen molar-refractivity contribution in [2.45, 2.75) is 25.8 Å². The smallest absolute Gasteiger partial charge is 0.232 e. The molecule has 1 aliphatic rings. The van der Waals surface area contributed by atoms with Crippen molar-refractivity contribution >= 4 is 21.6 Å². The molecule has 3 rings (SSSR count). The Bertz CT molecular complexity index is 979. The fourth-order valence-electron chi connectivity index (χ4n) is 3.37. The number of hydrogen-bond donors (Lipinski definition) is 0. The summed E-state index contributed by atoms with van der Waals surface area (Å²) in [5.74, 6) is -2.21. The summed E-state index contributed by atoms with van der Waals surface area (Å²) in [4.78, 5) is 14.3. The van der Waals surface area contributed by atoms with Crippen LogP contribution in [-0.2, 0) is 27.8 Å². The number of benzene rings is 2. The highest BCUT2D eigenvalue weighted by molar-refractivity contribution is 7.92. The molecular weight excluding hydrogens is 386 g/mol. The Morgan fingerprint density at radius 2 is 1.82 bits per heavy atom. The van der Waals surface area contributed by atoms with Gasteiger partial charge in [-0.2, -0.15) is 0 Å². The molecule has 28 heavy (non-hydrogen) atoms. The topological polar surface area (TPSA) is 57.7 Å². The Labute approximate surface area is 163 Å². The van der Waals surface area contributed by atoms with E-state index in [4.69, 9.17) is 0 Å². The average Bonchev–Trinajstić information content (AvgIpc) is 2.66. The first kappa shape index (κ1) is 20.3. The van der Waals surface area contributed by atoms with Crippen LogP contribution in [0.3, 0.4) is 0 Å². The first-order chi connectivity index (χ1) is 13.3. The molecular formula is C20H22F2N2O3S. The minimum Gasteiger partial charge on any atom is -0.338 e. The summed E-state index contributed by atoms with van der Waals surface area (Å²) in [5, 5.41) is 0. The zero-order valence-corrected chi connectivity index (χ0v) is 16.4. The highest BCUT2D eigenvalue weighted by Crippen LogP contribution is 2.22.